The van der Waals surface area contributed by atoms with E-state index in [-0.39, 0.29) is 0 Å². The second-order valence-electron chi connectivity index (χ2n) is 4.88. The lowest BCUT2D eigenvalue weighted by atomic mass is 10.1. The molecular weight excluding hydrogens is 238 g/mol. The third kappa shape index (κ3) is 4.23. The van der Waals surface area contributed by atoms with Crippen LogP contribution >= 0.6 is 0 Å². The van der Waals surface area contributed by atoms with Gasteiger partial charge in [0.15, 0.2) is 0 Å². The molecule has 2 rings (SSSR count). The van der Waals surface area contributed by atoms with Crippen LogP contribution in [0.1, 0.15) is 17.5 Å². The molecule has 4 heteroatoms. The fraction of sp³-hybridized carbons (Fsp3) is 0.533. The fourth-order valence-corrected chi connectivity index (χ4v) is 2.26. The second-order valence-corrected chi connectivity index (χ2v) is 4.88. The summed E-state index contributed by atoms with van der Waals surface area (Å²) in [6.07, 6.45) is 1.12. The van der Waals surface area contributed by atoms with E-state index in [4.69, 9.17) is 10.00 Å². The molecule has 0 atom stereocenters. The zero-order valence-electron chi connectivity index (χ0n) is 11.5. The quantitative estimate of drug-likeness (QED) is 0.822. The first kappa shape index (κ1) is 13.9. The molecule has 1 N–H and O–H groups in total. The van der Waals surface area contributed by atoms with Crippen LogP contribution in [0.5, 0.6) is 0 Å². The molecule has 0 aliphatic carbocycles. The molecule has 1 fully saturated rings. The van der Waals surface area contributed by atoms with Crippen LogP contribution in [0.15, 0.2) is 18.2 Å². The predicted octanol–water partition coefficient (Wildman–Crippen LogP) is 2.00. The average molecular weight is 259 g/mol. The van der Waals surface area contributed by atoms with Crippen LogP contribution in [0.4, 0.5) is 5.69 Å². The van der Waals surface area contributed by atoms with Crippen LogP contribution < -0.4 is 5.32 Å². The molecule has 0 amide bonds. The number of anilines is 1. The molecule has 1 heterocycles. The minimum Gasteiger partial charge on any atom is -0.385 e. The van der Waals surface area contributed by atoms with Crippen LogP contribution in [0.2, 0.25) is 0 Å². The highest BCUT2D eigenvalue weighted by Crippen LogP contribution is 2.14. The van der Waals surface area contributed by atoms with Gasteiger partial charge in [0.25, 0.3) is 0 Å². The van der Waals surface area contributed by atoms with Crippen molar-refractivity contribution in [2.75, 3.05) is 44.7 Å². The molecule has 1 saturated heterocycles. The van der Waals surface area contributed by atoms with E-state index in [1.807, 2.05) is 25.1 Å². The third-order valence-electron chi connectivity index (χ3n) is 3.43. The molecule has 4 nitrogen and oxygen atoms in total. The maximum absolute atomic E-state index is 8.88. The molecule has 0 spiro atoms. The Morgan fingerprint density at radius 2 is 2.16 bits per heavy atom. The van der Waals surface area contributed by atoms with Gasteiger partial charge in [-0.1, -0.05) is 0 Å². The summed E-state index contributed by atoms with van der Waals surface area (Å²) in [5.41, 5.74) is 2.87. The Morgan fingerprint density at radius 1 is 1.37 bits per heavy atom. The average Bonchev–Trinajstić information content (AvgIpc) is 2.45. The van der Waals surface area contributed by atoms with Gasteiger partial charge in [0.2, 0.25) is 0 Å². The number of morpholine rings is 1. The number of nitriles is 1. The lowest BCUT2D eigenvalue weighted by molar-refractivity contribution is 0.0378. The number of benzene rings is 1. The van der Waals surface area contributed by atoms with Gasteiger partial charge in [-0.25, -0.2) is 0 Å². The van der Waals surface area contributed by atoms with Crippen molar-refractivity contribution in [2.45, 2.75) is 13.3 Å². The van der Waals surface area contributed by atoms with E-state index in [0.29, 0.717) is 0 Å². The van der Waals surface area contributed by atoms with E-state index in [0.717, 1.165) is 62.6 Å². The Morgan fingerprint density at radius 3 is 2.84 bits per heavy atom. The number of ether oxygens (including phenoxy) is 1. The fourth-order valence-electron chi connectivity index (χ4n) is 2.26. The van der Waals surface area contributed by atoms with Crippen LogP contribution in [-0.2, 0) is 4.74 Å². The summed E-state index contributed by atoms with van der Waals surface area (Å²) in [7, 11) is 0. The molecule has 1 aliphatic rings. The Labute approximate surface area is 115 Å². The number of nitrogens with zero attached hydrogens (tertiary/aromatic N) is 2. The molecule has 0 unspecified atom stereocenters. The molecule has 1 aliphatic heterocycles. The summed E-state index contributed by atoms with van der Waals surface area (Å²) in [5.74, 6) is 0. The van der Waals surface area contributed by atoms with Gasteiger partial charge in [-0.3, -0.25) is 4.90 Å². The van der Waals surface area contributed by atoms with E-state index in [9.17, 15) is 0 Å². The highest BCUT2D eigenvalue weighted by atomic mass is 16.5. The Kier molecular flexibility index (Phi) is 5.20. The lowest BCUT2D eigenvalue weighted by Gasteiger charge is -2.26. The smallest absolute Gasteiger partial charge is 0.0994 e. The van der Waals surface area contributed by atoms with Crippen molar-refractivity contribution in [1.82, 2.24) is 4.90 Å². The summed E-state index contributed by atoms with van der Waals surface area (Å²) in [6, 6.07) is 8.07. The number of aryl methyl sites for hydroxylation is 1. The Balaban J connectivity index is 1.70. The Bertz CT molecular complexity index is 447. The van der Waals surface area contributed by atoms with Crippen LogP contribution in [0.3, 0.4) is 0 Å². The van der Waals surface area contributed by atoms with Crippen molar-refractivity contribution in [2.24, 2.45) is 0 Å². The van der Waals surface area contributed by atoms with Gasteiger partial charge in [-0.15, -0.1) is 0 Å². The molecule has 1 aromatic rings. The predicted molar refractivity (Wildman–Crippen MR) is 76.3 cm³/mol. The number of nitrogens with one attached hydrogen (secondary N) is 1. The summed E-state index contributed by atoms with van der Waals surface area (Å²) < 4.78 is 5.33. The maximum atomic E-state index is 8.88. The lowest BCUT2D eigenvalue weighted by Crippen LogP contribution is -2.37. The van der Waals surface area contributed by atoms with Gasteiger partial charge in [0, 0.05) is 25.3 Å². The van der Waals surface area contributed by atoms with Crippen LogP contribution in [-0.4, -0.2) is 44.3 Å². The topological polar surface area (TPSA) is 48.3 Å². The molecule has 102 valence electrons. The highest BCUT2D eigenvalue weighted by molar-refractivity contribution is 5.51. The third-order valence-corrected chi connectivity index (χ3v) is 3.43. The molecular formula is C15H21N3O. The zero-order chi connectivity index (χ0) is 13.5. The van der Waals surface area contributed by atoms with Gasteiger partial charge in [0.05, 0.1) is 24.8 Å². The molecule has 0 radical (unpaired) electrons. The molecule has 0 saturated carbocycles. The Hall–Kier alpha value is -1.57. The van der Waals surface area contributed by atoms with Crippen LogP contribution in [0.25, 0.3) is 0 Å². The van der Waals surface area contributed by atoms with E-state index < -0.39 is 0 Å². The van der Waals surface area contributed by atoms with Gasteiger partial charge < -0.3 is 10.1 Å². The minimum absolute atomic E-state index is 0.749. The second kappa shape index (κ2) is 7.13. The molecule has 19 heavy (non-hydrogen) atoms. The number of rotatable bonds is 5. The van der Waals surface area contributed by atoms with Crippen molar-refractivity contribution in [3.8, 4) is 6.07 Å². The van der Waals surface area contributed by atoms with E-state index in [1.165, 1.54) is 0 Å². The highest BCUT2D eigenvalue weighted by Gasteiger charge is 2.08. The van der Waals surface area contributed by atoms with Crippen molar-refractivity contribution in [3.05, 3.63) is 29.3 Å². The standard InChI is InChI=1S/C15H21N3O/c1-13-11-15(4-3-14(13)12-16)17-5-2-6-18-7-9-19-10-8-18/h3-4,11,17H,2,5-10H2,1H3. The van der Waals surface area contributed by atoms with E-state index >= 15 is 0 Å². The minimum atomic E-state index is 0.749. The molecule has 1 aromatic carbocycles. The summed E-state index contributed by atoms with van der Waals surface area (Å²) >= 11 is 0. The maximum Gasteiger partial charge on any atom is 0.0994 e. The monoisotopic (exact) mass is 259 g/mol. The van der Waals surface area contributed by atoms with Crippen LogP contribution in [0, 0.1) is 18.3 Å². The first-order chi connectivity index (χ1) is 9.29. The van der Waals surface area contributed by atoms with Crippen molar-refractivity contribution in [1.29, 1.82) is 5.26 Å². The van der Waals surface area contributed by atoms with Gasteiger partial charge >= 0.3 is 0 Å². The number of hydrogen-bond acceptors (Lipinski definition) is 4. The van der Waals surface area contributed by atoms with Crippen molar-refractivity contribution >= 4 is 5.69 Å². The van der Waals surface area contributed by atoms with E-state index in [2.05, 4.69) is 16.3 Å². The summed E-state index contributed by atoms with van der Waals surface area (Å²) in [5, 5.41) is 12.3. The first-order valence-corrected chi connectivity index (χ1v) is 6.84. The molecule has 0 aromatic heterocycles. The van der Waals surface area contributed by atoms with Gasteiger partial charge in [-0.2, -0.15) is 5.26 Å². The first-order valence-electron chi connectivity index (χ1n) is 6.84. The van der Waals surface area contributed by atoms with Crippen molar-refractivity contribution in [3.63, 3.8) is 0 Å². The van der Waals surface area contributed by atoms with E-state index in [1.54, 1.807) is 0 Å². The molecule has 0 bridgehead atoms. The number of hydrogen-bond donors (Lipinski definition) is 1. The SMILES string of the molecule is Cc1cc(NCCCN2CCOCC2)ccc1C#N. The van der Waals surface area contributed by atoms with Crippen molar-refractivity contribution < 1.29 is 4.74 Å². The largest absolute Gasteiger partial charge is 0.385 e. The van der Waals surface area contributed by atoms with Gasteiger partial charge in [0.1, 0.15) is 0 Å². The summed E-state index contributed by atoms with van der Waals surface area (Å²) in [4.78, 5) is 2.44. The zero-order valence-corrected chi connectivity index (χ0v) is 11.5. The normalized spacial score (nSPS) is 16.0. The summed E-state index contributed by atoms with van der Waals surface area (Å²) in [6.45, 7) is 7.88. The van der Waals surface area contributed by atoms with Gasteiger partial charge in [-0.05, 0) is 43.7 Å².